The summed E-state index contributed by atoms with van der Waals surface area (Å²) in [5.74, 6) is -0.0686. The third kappa shape index (κ3) is 2.49. The van der Waals surface area contributed by atoms with Crippen molar-refractivity contribution < 1.29 is 4.39 Å². The first-order valence-electron chi connectivity index (χ1n) is 4.59. The number of anilines is 1. The molecule has 0 fully saturated rings. The van der Waals surface area contributed by atoms with Crippen molar-refractivity contribution in [3.8, 4) is 0 Å². The highest BCUT2D eigenvalue weighted by Gasteiger charge is 2.00. The summed E-state index contributed by atoms with van der Waals surface area (Å²) >= 11 is 0. The Hall–Kier alpha value is -1.97. The quantitative estimate of drug-likeness (QED) is 0.831. The van der Waals surface area contributed by atoms with Gasteiger partial charge in [-0.1, -0.05) is 0 Å². The zero-order valence-electron chi connectivity index (χ0n) is 8.02. The summed E-state index contributed by atoms with van der Waals surface area (Å²) in [6.45, 7) is 0.538. The van der Waals surface area contributed by atoms with Gasteiger partial charge in [0.2, 0.25) is 0 Å². The number of nitrogens with zero attached hydrogens (tertiary/aromatic N) is 2. The molecule has 0 aliphatic heterocycles. The van der Waals surface area contributed by atoms with E-state index in [-0.39, 0.29) is 11.6 Å². The van der Waals surface area contributed by atoms with Crippen molar-refractivity contribution in [3.63, 3.8) is 0 Å². The molecule has 2 aromatic heterocycles. The fraction of sp³-hybridized carbons (Fsp3) is 0.0909. The molecule has 0 aromatic carbocycles. The molecule has 0 saturated carbocycles. The average molecular weight is 203 g/mol. The van der Waals surface area contributed by atoms with E-state index < -0.39 is 0 Å². The van der Waals surface area contributed by atoms with E-state index in [1.807, 2.05) is 12.1 Å². The van der Waals surface area contributed by atoms with Gasteiger partial charge in [-0.15, -0.1) is 0 Å². The van der Waals surface area contributed by atoms with E-state index in [0.29, 0.717) is 6.54 Å². The number of aromatic nitrogens is 2. The van der Waals surface area contributed by atoms with E-state index >= 15 is 0 Å². The van der Waals surface area contributed by atoms with Crippen LogP contribution in [-0.4, -0.2) is 9.97 Å². The van der Waals surface area contributed by atoms with Gasteiger partial charge in [0.25, 0.3) is 0 Å². The van der Waals surface area contributed by atoms with Crippen LogP contribution in [0.1, 0.15) is 5.56 Å². The molecule has 0 atom stereocenters. The Bertz CT molecular complexity index is 431. The Balaban J connectivity index is 2.03. The lowest BCUT2D eigenvalue weighted by molar-refractivity contribution is 0.624. The topological polar surface area (TPSA) is 37.8 Å². The molecule has 0 aliphatic carbocycles. The van der Waals surface area contributed by atoms with E-state index in [4.69, 9.17) is 0 Å². The third-order valence-electron chi connectivity index (χ3n) is 1.97. The van der Waals surface area contributed by atoms with Gasteiger partial charge in [-0.25, -0.2) is 9.37 Å². The smallest absolute Gasteiger partial charge is 0.165 e. The molecule has 0 amide bonds. The molecule has 2 aromatic rings. The second-order valence-electron chi connectivity index (χ2n) is 3.04. The van der Waals surface area contributed by atoms with Gasteiger partial charge in [-0.2, -0.15) is 0 Å². The van der Waals surface area contributed by atoms with Crippen LogP contribution in [0.2, 0.25) is 0 Å². The molecule has 0 spiro atoms. The van der Waals surface area contributed by atoms with Crippen LogP contribution in [0, 0.1) is 5.82 Å². The van der Waals surface area contributed by atoms with Gasteiger partial charge in [-0.05, 0) is 29.8 Å². The molecule has 0 aliphatic rings. The molecule has 2 heterocycles. The number of pyridine rings is 2. The summed E-state index contributed by atoms with van der Waals surface area (Å²) in [5.41, 5.74) is 1.04. The van der Waals surface area contributed by atoms with Gasteiger partial charge in [0.15, 0.2) is 11.6 Å². The molecule has 76 valence electrons. The van der Waals surface area contributed by atoms with Gasteiger partial charge >= 0.3 is 0 Å². The lowest BCUT2D eigenvalue weighted by Gasteiger charge is -2.05. The van der Waals surface area contributed by atoms with Crippen LogP contribution < -0.4 is 5.32 Å². The number of hydrogen-bond acceptors (Lipinski definition) is 3. The van der Waals surface area contributed by atoms with Gasteiger partial charge in [0.1, 0.15) is 0 Å². The molecule has 0 saturated heterocycles. The van der Waals surface area contributed by atoms with Crippen molar-refractivity contribution in [2.24, 2.45) is 0 Å². The predicted molar refractivity (Wildman–Crippen MR) is 55.8 cm³/mol. The second kappa shape index (κ2) is 4.50. The maximum atomic E-state index is 13.2. The molecule has 0 radical (unpaired) electrons. The number of nitrogens with one attached hydrogen (secondary N) is 1. The standard InChI is InChI=1S/C11H10FN3/c12-10-2-1-5-14-11(10)15-8-9-3-6-13-7-4-9/h1-7H,8H2,(H,14,15). The van der Waals surface area contributed by atoms with Crippen molar-refractivity contribution in [3.05, 3.63) is 54.2 Å². The van der Waals surface area contributed by atoms with Gasteiger partial charge in [0.05, 0.1) is 0 Å². The molecule has 15 heavy (non-hydrogen) atoms. The second-order valence-corrected chi connectivity index (χ2v) is 3.04. The largest absolute Gasteiger partial charge is 0.364 e. The van der Waals surface area contributed by atoms with Crippen LogP contribution in [0.5, 0.6) is 0 Å². The van der Waals surface area contributed by atoms with E-state index in [1.165, 1.54) is 6.07 Å². The highest BCUT2D eigenvalue weighted by Crippen LogP contribution is 2.09. The molecular formula is C11H10FN3. The molecule has 4 heteroatoms. The average Bonchev–Trinajstić information content (AvgIpc) is 2.29. The fourth-order valence-corrected chi connectivity index (χ4v) is 1.20. The van der Waals surface area contributed by atoms with Crippen LogP contribution in [0.25, 0.3) is 0 Å². The van der Waals surface area contributed by atoms with Gasteiger partial charge < -0.3 is 5.32 Å². The van der Waals surface area contributed by atoms with Crippen molar-refractivity contribution in [2.75, 3.05) is 5.32 Å². The lowest BCUT2D eigenvalue weighted by Crippen LogP contribution is -2.03. The van der Waals surface area contributed by atoms with Crippen LogP contribution in [0.4, 0.5) is 10.2 Å². The summed E-state index contributed by atoms with van der Waals surface area (Å²) in [5, 5.41) is 2.92. The lowest BCUT2D eigenvalue weighted by atomic mass is 10.3. The highest BCUT2D eigenvalue weighted by molar-refractivity contribution is 5.36. The highest BCUT2D eigenvalue weighted by atomic mass is 19.1. The zero-order valence-corrected chi connectivity index (χ0v) is 8.02. The summed E-state index contributed by atoms with van der Waals surface area (Å²) in [4.78, 5) is 7.79. The van der Waals surface area contributed by atoms with E-state index in [0.717, 1.165) is 5.56 Å². The maximum Gasteiger partial charge on any atom is 0.165 e. The first-order valence-corrected chi connectivity index (χ1v) is 4.59. The zero-order chi connectivity index (χ0) is 10.5. The van der Waals surface area contributed by atoms with Crippen molar-refractivity contribution >= 4 is 5.82 Å². The number of halogens is 1. The van der Waals surface area contributed by atoms with Crippen molar-refractivity contribution in [1.82, 2.24) is 9.97 Å². The van der Waals surface area contributed by atoms with Crippen molar-refractivity contribution in [1.29, 1.82) is 0 Å². The Morgan fingerprint density at radius 3 is 2.67 bits per heavy atom. The molecule has 1 N–H and O–H groups in total. The monoisotopic (exact) mass is 203 g/mol. The Labute approximate surface area is 87.0 Å². The van der Waals surface area contributed by atoms with E-state index in [9.17, 15) is 4.39 Å². The number of rotatable bonds is 3. The van der Waals surface area contributed by atoms with Crippen LogP contribution in [0.15, 0.2) is 42.9 Å². The van der Waals surface area contributed by atoms with Crippen LogP contribution >= 0.6 is 0 Å². The van der Waals surface area contributed by atoms with Crippen molar-refractivity contribution in [2.45, 2.75) is 6.54 Å². The third-order valence-corrected chi connectivity index (χ3v) is 1.97. The minimum atomic E-state index is -0.341. The Kier molecular flexibility index (Phi) is 2.88. The molecule has 0 unspecified atom stereocenters. The first kappa shape index (κ1) is 9.58. The van der Waals surface area contributed by atoms with Crippen LogP contribution in [0.3, 0.4) is 0 Å². The molecular weight excluding hydrogens is 193 g/mol. The summed E-state index contributed by atoms with van der Waals surface area (Å²) in [6, 6.07) is 6.68. The minimum absolute atomic E-state index is 0.273. The number of hydrogen-bond donors (Lipinski definition) is 1. The van der Waals surface area contributed by atoms with E-state index in [1.54, 1.807) is 24.7 Å². The minimum Gasteiger partial charge on any atom is -0.364 e. The summed E-state index contributed by atoms with van der Waals surface area (Å²) < 4.78 is 13.2. The summed E-state index contributed by atoms with van der Waals surface area (Å²) in [7, 11) is 0. The van der Waals surface area contributed by atoms with Crippen LogP contribution in [-0.2, 0) is 6.54 Å². The summed E-state index contributed by atoms with van der Waals surface area (Å²) in [6.07, 6.45) is 4.95. The Morgan fingerprint density at radius 1 is 1.13 bits per heavy atom. The van der Waals surface area contributed by atoms with E-state index in [2.05, 4.69) is 15.3 Å². The fourth-order valence-electron chi connectivity index (χ4n) is 1.20. The van der Waals surface area contributed by atoms with Gasteiger partial charge in [0, 0.05) is 25.1 Å². The molecule has 2 rings (SSSR count). The maximum absolute atomic E-state index is 13.2. The normalized spacial score (nSPS) is 9.93. The predicted octanol–water partition coefficient (Wildman–Crippen LogP) is 2.23. The Morgan fingerprint density at radius 2 is 1.93 bits per heavy atom. The molecule has 0 bridgehead atoms. The first-order chi connectivity index (χ1) is 7.36. The SMILES string of the molecule is Fc1cccnc1NCc1ccncc1. The van der Waals surface area contributed by atoms with Gasteiger partial charge in [-0.3, -0.25) is 4.98 Å². The molecule has 3 nitrogen and oxygen atoms in total.